The smallest absolute Gasteiger partial charge is 0.234 e. The van der Waals surface area contributed by atoms with Crippen LogP contribution in [0.25, 0.3) is 0 Å². The van der Waals surface area contributed by atoms with Crippen LogP contribution in [0.5, 0.6) is 0 Å². The van der Waals surface area contributed by atoms with E-state index in [1.807, 2.05) is 30.3 Å². The lowest BCUT2D eigenvalue weighted by Crippen LogP contribution is -2.50. The molecule has 0 radical (unpaired) electrons. The number of piperazine rings is 1. The van der Waals surface area contributed by atoms with Crippen molar-refractivity contribution in [1.82, 2.24) is 15.1 Å². The minimum Gasteiger partial charge on any atom is -0.384 e. The van der Waals surface area contributed by atoms with Crippen molar-refractivity contribution in [2.75, 3.05) is 45.8 Å². The maximum absolute atomic E-state index is 12.1. The molecule has 1 unspecified atom stereocenters. The molecule has 1 aromatic carbocycles. The molecule has 5 nitrogen and oxygen atoms in total. The van der Waals surface area contributed by atoms with Gasteiger partial charge < -0.3 is 15.3 Å². The van der Waals surface area contributed by atoms with E-state index < -0.39 is 5.60 Å². The molecule has 0 aromatic heterocycles. The van der Waals surface area contributed by atoms with Crippen LogP contribution < -0.4 is 5.32 Å². The topological polar surface area (TPSA) is 55.8 Å². The summed E-state index contributed by atoms with van der Waals surface area (Å²) in [5.74, 6) is -0.0267. The van der Waals surface area contributed by atoms with Gasteiger partial charge in [0.05, 0.1) is 13.1 Å². The Bertz CT molecular complexity index is 468. The van der Waals surface area contributed by atoms with Crippen LogP contribution in [-0.2, 0) is 10.4 Å². The Morgan fingerprint density at radius 3 is 2.36 bits per heavy atom. The molecule has 1 aliphatic heterocycles. The lowest BCUT2D eigenvalue weighted by Gasteiger charge is -2.33. The van der Waals surface area contributed by atoms with Crippen molar-refractivity contribution < 1.29 is 9.90 Å². The third-order valence-electron chi connectivity index (χ3n) is 4.30. The number of nitrogens with one attached hydrogen (secondary N) is 1. The molecule has 2 N–H and O–H groups in total. The van der Waals surface area contributed by atoms with Gasteiger partial charge in [0.2, 0.25) is 5.91 Å². The van der Waals surface area contributed by atoms with Gasteiger partial charge in [-0.1, -0.05) is 37.3 Å². The van der Waals surface area contributed by atoms with E-state index in [-0.39, 0.29) is 12.5 Å². The maximum Gasteiger partial charge on any atom is 0.234 e. The number of hydrogen-bond acceptors (Lipinski definition) is 4. The number of rotatable bonds is 6. The van der Waals surface area contributed by atoms with E-state index in [1.54, 1.807) is 6.92 Å². The van der Waals surface area contributed by atoms with Crippen molar-refractivity contribution in [2.45, 2.75) is 19.4 Å². The summed E-state index contributed by atoms with van der Waals surface area (Å²) < 4.78 is 0. The van der Waals surface area contributed by atoms with Gasteiger partial charge in [0.1, 0.15) is 5.60 Å². The largest absolute Gasteiger partial charge is 0.384 e. The third kappa shape index (κ3) is 4.80. The molecule has 5 heteroatoms. The summed E-state index contributed by atoms with van der Waals surface area (Å²) >= 11 is 0. The molecular formula is C17H27N3O2. The van der Waals surface area contributed by atoms with Crippen molar-refractivity contribution in [3.05, 3.63) is 35.9 Å². The highest BCUT2D eigenvalue weighted by molar-refractivity contribution is 5.78. The van der Waals surface area contributed by atoms with E-state index in [9.17, 15) is 9.90 Å². The number of amides is 1. The molecule has 1 heterocycles. The van der Waals surface area contributed by atoms with Gasteiger partial charge in [-0.05, 0) is 19.0 Å². The second-order valence-corrected chi connectivity index (χ2v) is 6.13. The molecule has 2 rings (SSSR count). The van der Waals surface area contributed by atoms with Gasteiger partial charge in [-0.25, -0.2) is 0 Å². The lowest BCUT2D eigenvalue weighted by atomic mass is 9.96. The summed E-state index contributed by atoms with van der Waals surface area (Å²) in [6, 6.07) is 9.43. The Labute approximate surface area is 132 Å². The minimum absolute atomic E-state index is 0.0267. The van der Waals surface area contributed by atoms with E-state index in [2.05, 4.69) is 22.0 Å². The van der Waals surface area contributed by atoms with Gasteiger partial charge in [0.25, 0.3) is 0 Å². The Kier molecular flexibility index (Phi) is 5.94. The van der Waals surface area contributed by atoms with Crippen LogP contribution in [0.4, 0.5) is 0 Å². The van der Waals surface area contributed by atoms with Crippen molar-refractivity contribution in [3.63, 3.8) is 0 Å². The number of carbonyl (C=O) groups is 1. The molecule has 1 fully saturated rings. The average Bonchev–Trinajstić information content (AvgIpc) is 2.55. The molecule has 0 spiro atoms. The highest BCUT2D eigenvalue weighted by atomic mass is 16.3. The molecule has 0 bridgehead atoms. The third-order valence-corrected chi connectivity index (χ3v) is 4.30. The monoisotopic (exact) mass is 305 g/mol. The Hall–Kier alpha value is -1.43. The fourth-order valence-electron chi connectivity index (χ4n) is 2.69. The summed E-state index contributed by atoms with van der Waals surface area (Å²) in [7, 11) is 0. The van der Waals surface area contributed by atoms with E-state index in [4.69, 9.17) is 0 Å². The zero-order valence-corrected chi connectivity index (χ0v) is 13.6. The van der Waals surface area contributed by atoms with E-state index in [0.717, 1.165) is 38.3 Å². The molecule has 122 valence electrons. The van der Waals surface area contributed by atoms with Crippen molar-refractivity contribution in [1.29, 1.82) is 0 Å². The highest BCUT2D eigenvalue weighted by Crippen LogP contribution is 2.18. The van der Waals surface area contributed by atoms with Crippen molar-refractivity contribution >= 4 is 5.91 Å². The second kappa shape index (κ2) is 7.72. The first kappa shape index (κ1) is 16.9. The first-order valence-corrected chi connectivity index (χ1v) is 8.00. The molecule has 0 saturated carbocycles. The predicted molar refractivity (Wildman–Crippen MR) is 87.6 cm³/mol. The molecule has 22 heavy (non-hydrogen) atoms. The number of aliphatic hydroxyl groups is 1. The Morgan fingerprint density at radius 1 is 1.18 bits per heavy atom. The molecule has 0 aliphatic carbocycles. The molecule has 1 saturated heterocycles. The SMILES string of the molecule is CCN1CCN(CC(=O)NCC(C)(O)c2ccccc2)CC1. The molecule has 1 atom stereocenters. The zero-order chi connectivity index (χ0) is 16.0. The summed E-state index contributed by atoms with van der Waals surface area (Å²) in [5, 5.41) is 13.3. The van der Waals surface area contributed by atoms with Gasteiger partial charge in [-0.15, -0.1) is 0 Å². The van der Waals surface area contributed by atoms with Gasteiger partial charge in [0.15, 0.2) is 0 Å². The maximum atomic E-state index is 12.1. The average molecular weight is 305 g/mol. The second-order valence-electron chi connectivity index (χ2n) is 6.13. The number of benzene rings is 1. The molecule has 1 amide bonds. The van der Waals surface area contributed by atoms with E-state index in [0.29, 0.717) is 6.54 Å². The normalized spacial score (nSPS) is 19.6. The number of nitrogens with zero attached hydrogens (tertiary/aromatic N) is 2. The summed E-state index contributed by atoms with van der Waals surface area (Å²) in [4.78, 5) is 16.6. The molecule has 1 aliphatic rings. The molecular weight excluding hydrogens is 278 g/mol. The van der Waals surface area contributed by atoms with Crippen LogP contribution in [0.2, 0.25) is 0 Å². The first-order valence-electron chi connectivity index (χ1n) is 8.00. The van der Waals surface area contributed by atoms with Crippen LogP contribution in [0.1, 0.15) is 19.4 Å². The first-order chi connectivity index (χ1) is 10.5. The van der Waals surface area contributed by atoms with Gasteiger partial charge in [-0.2, -0.15) is 0 Å². The quantitative estimate of drug-likeness (QED) is 0.810. The van der Waals surface area contributed by atoms with Crippen LogP contribution in [0.3, 0.4) is 0 Å². The standard InChI is InChI=1S/C17H27N3O2/c1-3-19-9-11-20(12-10-19)13-16(21)18-14-17(2,22)15-7-5-4-6-8-15/h4-8,22H,3,9-14H2,1-2H3,(H,18,21). The number of hydrogen-bond donors (Lipinski definition) is 2. The fourth-order valence-corrected chi connectivity index (χ4v) is 2.69. The van der Waals surface area contributed by atoms with Gasteiger partial charge >= 0.3 is 0 Å². The summed E-state index contributed by atoms with van der Waals surface area (Å²) in [6.07, 6.45) is 0. The van der Waals surface area contributed by atoms with Gasteiger partial charge in [0, 0.05) is 26.2 Å². The predicted octanol–water partition coefficient (Wildman–Crippen LogP) is 0.648. The zero-order valence-electron chi connectivity index (χ0n) is 13.6. The summed E-state index contributed by atoms with van der Waals surface area (Å²) in [5.41, 5.74) is -0.232. The van der Waals surface area contributed by atoms with Gasteiger partial charge in [-0.3, -0.25) is 9.69 Å². The van der Waals surface area contributed by atoms with Crippen LogP contribution in [0, 0.1) is 0 Å². The molecule has 1 aromatic rings. The van der Waals surface area contributed by atoms with Crippen molar-refractivity contribution in [3.8, 4) is 0 Å². The lowest BCUT2D eigenvalue weighted by molar-refractivity contribution is -0.123. The van der Waals surface area contributed by atoms with E-state index >= 15 is 0 Å². The minimum atomic E-state index is -1.04. The number of likely N-dealkylation sites (N-methyl/N-ethyl adjacent to an activating group) is 1. The number of carbonyl (C=O) groups excluding carboxylic acids is 1. The van der Waals surface area contributed by atoms with E-state index in [1.165, 1.54) is 0 Å². The van der Waals surface area contributed by atoms with Crippen LogP contribution in [-0.4, -0.2) is 66.6 Å². The fraction of sp³-hybridized carbons (Fsp3) is 0.588. The van der Waals surface area contributed by atoms with Crippen LogP contribution >= 0.6 is 0 Å². The Morgan fingerprint density at radius 2 is 1.77 bits per heavy atom. The summed E-state index contributed by atoms with van der Waals surface area (Å²) in [6.45, 7) is 9.48. The van der Waals surface area contributed by atoms with Crippen LogP contribution in [0.15, 0.2) is 30.3 Å². The highest BCUT2D eigenvalue weighted by Gasteiger charge is 2.24. The Balaban J connectivity index is 1.76. The van der Waals surface area contributed by atoms with Crippen molar-refractivity contribution in [2.24, 2.45) is 0 Å².